The molecule has 1 aromatic heterocycles. The summed E-state index contributed by atoms with van der Waals surface area (Å²) in [6.45, 7) is 9.47. The number of ether oxygens (including phenoxy) is 1. The van der Waals surface area contributed by atoms with Crippen LogP contribution in [0.5, 0.6) is 0 Å². The molecule has 0 aliphatic carbocycles. The van der Waals surface area contributed by atoms with Crippen LogP contribution in [-0.2, 0) is 22.7 Å². The molecule has 0 aromatic carbocycles. The maximum Gasteiger partial charge on any atom is 0.273 e. The van der Waals surface area contributed by atoms with Gasteiger partial charge in [0.2, 0.25) is 5.91 Å². The van der Waals surface area contributed by atoms with Crippen molar-refractivity contribution >= 4 is 11.8 Å². The lowest BCUT2D eigenvalue weighted by atomic mass is 9.90. The van der Waals surface area contributed by atoms with Crippen LogP contribution in [0.15, 0.2) is 6.07 Å². The SMILES string of the molecule is CC(C)C(C)NC(=O)CN1CCC2(CC1)Cn1nc(C(=O)N(C)C)cc1CO2. The van der Waals surface area contributed by atoms with Crippen LogP contribution < -0.4 is 5.32 Å². The molecule has 1 atom stereocenters. The predicted octanol–water partition coefficient (Wildman–Crippen LogP) is 1.11. The molecule has 8 heteroatoms. The number of fused-ring (bicyclic) bond motifs is 1. The average Bonchev–Trinajstić information content (AvgIpc) is 3.05. The molecule has 1 aromatic rings. The van der Waals surface area contributed by atoms with E-state index in [0.717, 1.165) is 31.6 Å². The van der Waals surface area contributed by atoms with Gasteiger partial charge in [-0.15, -0.1) is 0 Å². The molecule has 3 heterocycles. The highest BCUT2D eigenvalue weighted by Gasteiger charge is 2.40. The molecule has 3 rings (SSSR count). The first-order valence-corrected chi connectivity index (χ1v) is 10.1. The topological polar surface area (TPSA) is 79.7 Å². The number of nitrogens with one attached hydrogen (secondary N) is 1. The predicted molar refractivity (Wildman–Crippen MR) is 106 cm³/mol. The zero-order chi connectivity index (χ0) is 20.5. The van der Waals surface area contributed by atoms with E-state index < -0.39 is 0 Å². The second kappa shape index (κ2) is 8.21. The number of carbonyl (C=O) groups excluding carboxylic acids is 2. The van der Waals surface area contributed by atoms with Gasteiger partial charge in [0.05, 0.1) is 31.0 Å². The van der Waals surface area contributed by atoms with Crippen molar-refractivity contribution in [3.05, 3.63) is 17.5 Å². The number of aromatic nitrogens is 2. The molecule has 1 saturated heterocycles. The van der Waals surface area contributed by atoms with Gasteiger partial charge in [0.15, 0.2) is 5.69 Å². The van der Waals surface area contributed by atoms with E-state index in [9.17, 15) is 9.59 Å². The average molecular weight is 392 g/mol. The Kier molecular flexibility index (Phi) is 6.09. The molecule has 0 saturated carbocycles. The molecule has 1 N–H and O–H groups in total. The summed E-state index contributed by atoms with van der Waals surface area (Å²) < 4.78 is 8.15. The number of nitrogens with zero attached hydrogens (tertiary/aromatic N) is 4. The van der Waals surface area contributed by atoms with Crippen molar-refractivity contribution in [2.75, 3.05) is 33.7 Å². The molecular formula is C20H33N5O3. The third kappa shape index (κ3) is 4.55. The van der Waals surface area contributed by atoms with E-state index in [1.807, 2.05) is 17.7 Å². The van der Waals surface area contributed by atoms with Crippen LogP contribution in [0.25, 0.3) is 0 Å². The van der Waals surface area contributed by atoms with Gasteiger partial charge in [-0.25, -0.2) is 0 Å². The Morgan fingerprint density at radius 1 is 1.29 bits per heavy atom. The van der Waals surface area contributed by atoms with Crippen molar-refractivity contribution in [2.24, 2.45) is 5.92 Å². The zero-order valence-electron chi connectivity index (χ0n) is 17.7. The first kappa shape index (κ1) is 20.8. The lowest BCUT2D eigenvalue weighted by Crippen LogP contribution is -2.52. The summed E-state index contributed by atoms with van der Waals surface area (Å²) >= 11 is 0. The van der Waals surface area contributed by atoms with Gasteiger partial charge in [-0.3, -0.25) is 19.2 Å². The van der Waals surface area contributed by atoms with Gasteiger partial charge in [-0.05, 0) is 31.7 Å². The molecule has 1 unspecified atom stereocenters. The zero-order valence-corrected chi connectivity index (χ0v) is 17.7. The smallest absolute Gasteiger partial charge is 0.273 e. The standard InChI is InChI=1S/C20H33N5O3/c1-14(2)15(3)21-18(26)11-24-8-6-20(7-9-24)13-25-16(12-28-20)10-17(22-25)19(27)23(4)5/h10,14-15H,6-9,11-13H2,1-5H3,(H,21,26). The Morgan fingerprint density at radius 3 is 2.57 bits per heavy atom. The number of carbonyl (C=O) groups is 2. The minimum Gasteiger partial charge on any atom is -0.367 e. The summed E-state index contributed by atoms with van der Waals surface area (Å²) in [5.41, 5.74) is 1.16. The van der Waals surface area contributed by atoms with Crippen LogP contribution >= 0.6 is 0 Å². The molecule has 0 radical (unpaired) electrons. The normalized spacial score (nSPS) is 20.1. The first-order valence-electron chi connectivity index (χ1n) is 10.1. The minimum atomic E-state index is -0.254. The number of rotatable bonds is 5. The lowest BCUT2D eigenvalue weighted by molar-refractivity contribution is -0.133. The maximum atomic E-state index is 12.2. The summed E-state index contributed by atoms with van der Waals surface area (Å²) in [4.78, 5) is 28.1. The molecule has 2 amide bonds. The molecule has 8 nitrogen and oxygen atoms in total. The second-order valence-corrected chi connectivity index (χ2v) is 8.73. The number of hydrogen-bond acceptors (Lipinski definition) is 5. The second-order valence-electron chi connectivity index (χ2n) is 8.73. The van der Waals surface area contributed by atoms with E-state index in [4.69, 9.17) is 4.74 Å². The highest BCUT2D eigenvalue weighted by atomic mass is 16.5. The van der Waals surface area contributed by atoms with Crippen LogP contribution in [0.1, 0.15) is 49.8 Å². The largest absolute Gasteiger partial charge is 0.367 e. The van der Waals surface area contributed by atoms with Crippen molar-refractivity contribution in [3.8, 4) is 0 Å². The van der Waals surface area contributed by atoms with Crippen molar-refractivity contribution in [2.45, 2.75) is 58.4 Å². The van der Waals surface area contributed by atoms with Crippen LogP contribution in [0.3, 0.4) is 0 Å². The van der Waals surface area contributed by atoms with E-state index in [-0.39, 0.29) is 23.5 Å². The van der Waals surface area contributed by atoms with E-state index in [2.05, 4.69) is 29.2 Å². The van der Waals surface area contributed by atoms with Crippen LogP contribution in [-0.4, -0.2) is 76.8 Å². The van der Waals surface area contributed by atoms with E-state index in [1.165, 1.54) is 4.90 Å². The monoisotopic (exact) mass is 391 g/mol. The van der Waals surface area contributed by atoms with Gasteiger partial charge in [0.1, 0.15) is 0 Å². The van der Waals surface area contributed by atoms with Gasteiger partial charge >= 0.3 is 0 Å². The van der Waals surface area contributed by atoms with E-state index >= 15 is 0 Å². The van der Waals surface area contributed by atoms with Gasteiger partial charge in [-0.1, -0.05) is 13.8 Å². The number of piperidine rings is 1. The molecule has 2 aliphatic rings. The first-order chi connectivity index (χ1) is 13.2. The summed E-state index contributed by atoms with van der Waals surface area (Å²) in [7, 11) is 3.46. The minimum absolute atomic E-state index is 0.0860. The van der Waals surface area contributed by atoms with Crippen LogP contribution in [0.4, 0.5) is 0 Å². The van der Waals surface area contributed by atoms with E-state index in [1.54, 1.807) is 14.1 Å². The Balaban J connectivity index is 1.55. The summed E-state index contributed by atoms with van der Waals surface area (Å²) in [5, 5.41) is 7.58. The Hall–Kier alpha value is -1.93. The summed E-state index contributed by atoms with van der Waals surface area (Å²) in [6.07, 6.45) is 1.71. The molecule has 1 fully saturated rings. The number of likely N-dealkylation sites (tertiary alicyclic amines) is 1. The maximum absolute atomic E-state index is 12.2. The van der Waals surface area contributed by atoms with Crippen molar-refractivity contribution in [1.82, 2.24) is 24.9 Å². The number of amides is 2. The fourth-order valence-corrected chi connectivity index (χ4v) is 3.68. The molecule has 156 valence electrons. The van der Waals surface area contributed by atoms with Crippen molar-refractivity contribution in [3.63, 3.8) is 0 Å². The van der Waals surface area contributed by atoms with Crippen LogP contribution in [0, 0.1) is 5.92 Å². The third-order valence-electron chi connectivity index (χ3n) is 5.98. The van der Waals surface area contributed by atoms with Gasteiger partial charge < -0.3 is 15.0 Å². The summed E-state index contributed by atoms with van der Waals surface area (Å²) in [6, 6.07) is 2.01. The quantitative estimate of drug-likeness (QED) is 0.813. The highest BCUT2D eigenvalue weighted by molar-refractivity contribution is 5.92. The molecule has 28 heavy (non-hydrogen) atoms. The van der Waals surface area contributed by atoms with Gasteiger partial charge in [-0.2, -0.15) is 5.10 Å². The molecule has 2 aliphatic heterocycles. The van der Waals surface area contributed by atoms with Crippen LogP contribution in [0.2, 0.25) is 0 Å². The molecule has 1 spiro atoms. The van der Waals surface area contributed by atoms with E-state index in [0.29, 0.717) is 31.3 Å². The Bertz CT molecular complexity index is 719. The Morgan fingerprint density at radius 2 is 1.96 bits per heavy atom. The fraction of sp³-hybridized carbons (Fsp3) is 0.750. The Labute approximate surface area is 167 Å². The third-order valence-corrected chi connectivity index (χ3v) is 5.98. The van der Waals surface area contributed by atoms with Gasteiger partial charge in [0, 0.05) is 33.2 Å². The molecular weight excluding hydrogens is 358 g/mol. The van der Waals surface area contributed by atoms with Gasteiger partial charge in [0.25, 0.3) is 5.91 Å². The highest BCUT2D eigenvalue weighted by Crippen LogP contribution is 2.33. The van der Waals surface area contributed by atoms with Crippen molar-refractivity contribution in [1.29, 1.82) is 0 Å². The van der Waals surface area contributed by atoms with Crippen molar-refractivity contribution < 1.29 is 14.3 Å². The summed E-state index contributed by atoms with van der Waals surface area (Å²) in [5.74, 6) is 0.423. The lowest BCUT2D eigenvalue weighted by Gasteiger charge is -2.43. The number of hydrogen-bond donors (Lipinski definition) is 1. The fourth-order valence-electron chi connectivity index (χ4n) is 3.68. The molecule has 0 bridgehead atoms.